The molecule has 4 nitrogen and oxygen atoms in total. The number of aliphatic hydroxyl groups is 1. The largest absolute Gasteiger partial charge is 0.481 e. The Bertz CT molecular complexity index is 329. The average Bonchev–Trinajstić information content (AvgIpc) is 2.57. The number of rotatable bonds is 2. The van der Waals surface area contributed by atoms with Gasteiger partial charge in [-0.2, -0.15) is 0 Å². The molecule has 6 heteroatoms. The van der Waals surface area contributed by atoms with Crippen LogP contribution in [0.15, 0.2) is 0 Å². The highest BCUT2D eigenvalue weighted by atomic mass is 19.3. The van der Waals surface area contributed by atoms with Crippen LogP contribution in [-0.4, -0.2) is 40.8 Å². The molecular formula is C11H17F2NO3. The van der Waals surface area contributed by atoms with Crippen LogP contribution in [0.1, 0.15) is 32.1 Å². The highest BCUT2D eigenvalue weighted by Gasteiger charge is 2.64. The smallest absolute Gasteiger partial charge is 0.312 e. The van der Waals surface area contributed by atoms with Crippen molar-refractivity contribution in [1.29, 1.82) is 0 Å². The second kappa shape index (κ2) is 3.88. The standard InChI is InChI=1S/C11H17F2NO3/c12-11(13)2-1-9(7-11,8(15)16)10(17)3-5-14-6-4-10/h14,17H,1-7H2,(H,15,16). The van der Waals surface area contributed by atoms with Crippen molar-refractivity contribution >= 4 is 5.97 Å². The summed E-state index contributed by atoms with van der Waals surface area (Å²) in [5.41, 5.74) is -3.19. The van der Waals surface area contributed by atoms with Gasteiger partial charge in [-0.25, -0.2) is 8.78 Å². The number of carboxylic acids is 1. The van der Waals surface area contributed by atoms with Crippen molar-refractivity contribution in [2.24, 2.45) is 5.41 Å². The lowest BCUT2D eigenvalue weighted by molar-refractivity contribution is -0.177. The van der Waals surface area contributed by atoms with Crippen LogP contribution in [-0.2, 0) is 4.79 Å². The van der Waals surface area contributed by atoms with E-state index in [1.807, 2.05) is 0 Å². The Kier molecular flexibility index (Phi) is 2.90. The van der Waals surface area contributed by atoms with Crippen molar-refractivity contribution in [1.82, 2.24) is 5.32 Å². The Balaban J connectivity index is 2.32. The second-order valence-corrected chi connectivity index (χ2v) is 5.20. The van der Waals surface area contributed by atoms with Crippen LogP contribution in [0.2, 0.25) is 0 Å². The molecule has 0 amide bonds. The minimum absolute atomic E-state index is 0.147. The number of alkyl halides is 2. The van der Waals surface area contributed by atoms with Crippen LogP contribution in [0.25, 0.3) is 0 Å². The fourth-order valence-electron chi connectivity index (χ4n) is 3.11. The van der Waals surface area contributed by atoms with E-state index in [1.54, 1.807) is 0 Å². The lowest BCUT2D eigenvalue weighted by Crippen LogP contribution is -2.57. The summed E-state index contributed by atoms with van der Waals surface area (Å²) in [5, 5.41) is 22.8. The molecule has 0 bridgehead atoms. The lowest BCUT2D eigenvalue weighted by atomic mass is 9.66. The quantitative estimate of drug-likeness (QED) is 0.682. The maximum Gasteiger partial charge on any atom is 0.312 e. The number of hydrogen-bond donors (Lipinski definition) is 3. The molecule has 1 atom stereocenters. The summed E-state index contributed by atoms with van der Waals surface area (Å²) in [7, 11) is 0. The SMILES string of the molecule is O=C(O)C1(C2(O)CCNCC2)CCC(F)(F)C1. The van der Waals surface area contributed by atoms with Crippen molar-refractivity contribution < 1.29 is 23.8 Å². The molecule has 2 fully saturated rings. The van der Waals surface area contributed by atoms with Gasteiger partial charge in [-0.05, 0) is 32.4 Å². The Labute approximate surface area is 98.0 Å². The van der Waals surface area contributed by atoms with Crippen molar-refractivity contribution in [3.8, 4) is 0 Å². The maximum absolute atomic E-state index is 13.3. The molecule has 1 unspecified atom stereocenters. The molecule has 0 aromatic heterocycles. The molecule has 2 aliphatic rings. The topological polar surface area (TPSA) is 69.6 Å². The van der Waals surface area contributed by atoms with E-state index in [9.17, 15) is 23.8 Å². The summed E-state index contributed by atoms with van der Waals surface area (Å²) in [6, 6.07) is 0. The van der Waals surface area contributed by atoms with Gasteiger partial charge in [0.05, 0.1) is 5.60 Å². The van der Waals surface area contributed by atoms with Crippen molar-refractivity contribution in [2.45, 2.75) is 43.6 Å². The first-order valence-corrected chi connectivity index (χ1v) is 5.86. The number of piperidine rings is 1. The molecule has 17 heavy (non-hydrogen) atoms. The predicted octanol–water partition coefficient (Wildman–Crippen LogP) is 0.991. The number of carbonyl (C=O) groups is 1. The predicted molar refractivity (Wildman–Crippen MR) is 55.9 cm³/mol. The van der Waals surface area contributed by atoms with E-state index in [0.29, 0.717) is 13.1 Å². The zero-order chi connectivity index (χ0) is 12.7. The molecule has 3 N–H and O–H groups in total. The average molecular weight is 249 g/mol. The van der Waals surface area contributed by atoms with Crippen LogP contribution < -0.4 is 5.32 Å². The molecule has 0 aromatic rings. The first kappa shape index (κ1) is 12.7. The van der Waals surface area contributed by atoms with E-state index >= 15 is 0 Å². The zero-order valence-corrected chi connectivity index (χ0v) is 9.51. The Morgan fingerprint density at radius 1 is 1.12 bits per heavy atom. The fourth-order valence-corrected chi connectivity index (χ4v) is 3.11. The van der Waals surface area contributed by atoms with Crippen molar-refractivity contribution in [3.05, 3.63) is 0 Å². The fraction of sp³-hybridized carbons (Fsp3) is 0.909. The van der Waals surface area contributed by atoms with E-state index in [2.05, 4.69) is 5.32 Å². The first-order chi connectivity index (χ1) is 7.81. The third-order valence-electron chi connectivity index (χ3n) is 4.21. The summed E-state index contributed by atoms with van der Waals surface area (Å²) in [4.78, 5) is 11.4. The molecular weight excluding hydrogens is 232 g/mol. The molecule has 98 valence electrons. The number of aliphatic carboxylic acids is 1. The molecule has 1 aliphatic carbocycles. The van der Waals surface area contributed by atoms with Crippen molar-refractivity contribution in [2.75, 3.05) is 13.1 Å². The summed E-state index contributed by atoms with van der Waals surface area (Å²) in [5.74, 6) is -4.27. The van der Waals surface area contributed by atoms with E-state index in [1.165, 1.54) is 0 Å². The minimum Gasteiger partial charge on any atom is -0.481 e. The monoisotopic (exact) mass is 249 g/mol. The summed E-state index contributed by atoms with van der Waals surface area (Å²) >= 11 is 0. The van der Waals surface area contributed by atoms with Gasteiger partial charge in [-0.1, -0.05) is 0 Å². The summed E-state index contributed by atoms with van der Waals surface area (Å²) < 4.78 is 26.7. The second-order valence-electron chi connectivity index (χ2n) is 5.20. The van der Waals surface area contributed by atoms with Gasteiger partial charge in [0, 0.05) is 12.8 Å². The third-order valence-corrected chi connectivity index (χ3v) is 4.21. The van der Waals surface area contributed by atoms with Gasteiger partial charge in [0.25, 0.3) is 0 Å². The van der Waals surface area contributed by atoms with Crippen molar-refractivity contribution in [3.63, 3.8) is 0 Å². The number of nitrogens with one attached hydrogen (secondary N) is 1. The highest BCUT2D eigenvalue weighted by Crippen LogP contribution is 2.55. The van der Waals surface area contributed by atoms with Gasteiger partial charge in [-0.15, -0.1) is 0 Å². The van der Waals surface area contributed by atoms with E-state index in [-0.39, 0.29) is 19.3 Å². The number of carboxylic acid groups (broad SMARTS) is 1. The van der Waals surface area contributed by atoms with Gasteiger partial charge in [0.15, 0.2) is 0 Å². The van der Waals surface area contributed by atoms with E-state index < -0.39 is 35.7 Å². The van der Waals surface area contributed by atoms with E-state index in [0.717, 1.165) is 0 Å². The van der Waals surface area contributed by atoms with Gasteiger partial charge in [0.1, 0.15) is 5.41 Å². The molecule has 1 heterocycles. The molecule has 1 saturated heterocycles. The minimum atomic E-state index is -2.97. The maximum atomic E-state index is 13.3. The third kappa shape index (κ3) is 1.93. The van der Waals surface area contributed by atoms with Gasteiger partial charge in [-0.3, -0.25) is 4.79 Å². The molecule has 2 rings (SSSR count). The van der Waals surface area contributed by atoms with Crippen LogP contribution >= 0.6 is 0 Å². The Morgan fingerprint density at radius 3 is 2.12 bits per heavy atom. The summed E-state index contributed by atoms with van der Waals surface area (Å²) in [6.45, 7) is 0.939. The Morgan fingerprint density at radius 2 is 1.71 bits per heavy atom. The zero-order valence-electron chi connectivity index (χ0n) is 9.51. The first-order valence-electron chi connectivity index (χ1n) is 5.86. The van der Waals surface area contributed by atoms with Gasteiger partial charge < -0.3 is 15.5 Å². The van der Waals surface area contributed by atoms with E-state index in [4.69, 9.17) is 0 Å². The molecule has 1 aliphatic heterocycles. The molecule has 0 radical (unpaired) electrons. The Hall–Kier alpha value is -0.750. The summed E-state index contributed by atoms with van der Waals surface area (Å²) in [6.07, 6.45) is -0.905. The molecule has 0 aromatic carbocycles. The molecule has 1 saturated carbocycles. The van der Waals surface area contributed by atoms with Gasteiger partial charge >= 0.3 is 5.97 Å². The number of hydrogen-bond acceptors (Lipinski definition) is 3. The van der Waals surface area contributed by atoms with Crippen LogP contribution in [0.5, 0.6) is 0 Å². The number of halogens is 2. The van der Waals surface area contributed by atoms with Crippen LogP contribution in [0, 0.1) is 5.41 Å². The lowest BCUT2D eigenvalue weighted by Gasteiger charge is -2.44. The highest BCUT2D eigenvalue weighted by molar-refractivity contribution is 5.77. The normalized spacial score (nSPS) is 35.7. The van der Waals surface area contributed by atoms with Gasteiger partial charge in [0.2, 0.25) is 5.92 Å². The van der Waals surface area contributed by atoms with Crippen LogP contribution in [0.3, 0.4) is 0 Å². The molecule has 0 spiro atoms. The van der Waals surface area contributed by atoms with Crippen LogP contribution in [0.4, 0.5) is 8.78 Å².